The van der Waals surface area contributed by atoms with Crippen molar-refractivity contribution in [3.8, 4) is 0 Å². The first-order valence-corrected chi connectivity index (χ1v) is 8.86. The van der Waals surface area contributed by atoms with Crippen molar-refractivity contribution in [1.82, 2.24) is 10.6 Å². The van der Waals surface area contributed by atoms with Crippen molar-refractivity contribution in [3.05, 3.63) is 35.6 Å². The van der Waals surface area contributed by atoms with Crippen molar-refractivity contribution in [3.63, 3.8) is 0 Å². The summed E-state index contributed by atoms with van der Waals surface area (Å²) in [5.41, 5.74) is 1.14. The number of carbonyl (C=O) groups is 1. The normalized spacial score (nSPS) is 34.4. The summed E-state index contributed by atoms with van der Waals surface area (Å²) in [4.78, 5) is 12.1. The largest absolute Gasteiger partial charge is 0.338 e. The third-order valence-electron chi connectivity index (χ3n) is 6.13. The average Bonchev–Trinajstić information content (AvgIpc) is 2.50. The fourth-order valence-corrected chi connectivity index (χ4v) is 5.67. The van der Waals surface area contributed by atoms with E-state index in [1.807, 2.05) is 6.07 Å². The maximum absolute atomic E-state index is 13.1. The Kier molecular flexibility index (Phi) is 3.78. The molecule has 3 nitrogen and oxygen atoms in total. The summed E-state index contributed by atoms with van der Waals surface area (Å²) >= 11 is 0. The number of nitrogens with one attached hydrogen (secondary N) is 2. The first kappa shape index (κ1) is 15.0. The molecule has 4 bridgehead atoms. The van der Waals surface area contributed by atoms with Crippen LogP contribution in [0.4, 0.5) is 9.18 Å². The van der Waals surface area contributed by atoms with Gasteiger partial charge in [0.15, 0.2) is 0 Å². The van der Waals surface area contributed by atoms with Crippen LogP contribution in [0.15, 0.2) is 24.3 Å². The molecule has 124 valence electrons. The molecule has 0 saturated heterocycles. The summed E-state index contributed by atoms with van der Waals surface area (Å²) in [6.45, 7) is 1.16. The summed E-state index contributed by atoms with van der Waals surface area (Å²) in [5, 5.41) is 5.92. The highest BCUT2D eigenvalue weighted by atomic mass is 19.1. The van der Waals surface area contributed by atoms with Crippen LogP contribution >= 0.6 is 0 Å². The zero-order valence-corrected chi connectivity index (χ0v) is 13.5. The Morgan fingerprint density at radius 2 is 1.74 bits per heavy atom. The first-order chi connectivity index (χ1) is 11.1. The number of urea groups is 1. The van der Waals surface area contributed by atoms with Crippen LogP contribution < -0.4 is 10.6 Å². The Morgan fingerprint density at radius 3 is 2.35 bits per heavy atom. The fourth-order valence-electron chi connectivity index (χ4n) is 5.67. The molecule has 5 rings (SSSR count). The van der Waals surface area contributed by atoms with E-state index >= 15 is 0 Å². The molecule has 0 radical (unpaired) electrons. The second-order valence-electron chi connectivity index (χ2n) is 8.08. The van der Waals surface area contributed by atoms with Gasteiger partial charge < -0.3 is 10.6 Å². The maximum atomic E-state index is 13.1. The molecule has 1 aromatic carbocycles. The van der Waals surface area contributed by atoms with Gasteiger partial charge in [-0.05, 0) is 79.4 Å². The lowest BCUT2D eigenvalue weighted by Gasteiger charge is -2.56. The maximum Gasteiger partial charge on any atom is 0.315 e. The molecule has 2 amide bonds. The van der Waals surface area contributed by atoms with E-state index in [9.17, 15) is 9.18 Å². The summed E-state index contributed by atoms with van der Waals surface area (Å²) in [6, 6.07) is 6.22. The van der Waals surface area contributed by atoms with Crippen LogP contribution in [0.3, 0.4) is 0 Å². The highest BCUT2D eigenvalue weighted by Gasteiger charge is 2.50. The van der Waals surface area contributed by atoms with Gasteiger partial charge in [-0.15, -0.1) is 0 Å². The zero-order chi connectivity index (χ0) is 15.9. The molecular formula is C19H25FN2O. The van der Waals surface area contributed by atoms with Gasteiger partial charge in [0.1, 0.15) is 5.82 Å². The third-order valence-corrected chi connectivity index (χ3v) is 6.13. The molecular weight excluding hydrogens is 291 g/mol. The molecule has 4 fully saturated rings. The molecule has 4 aliphatic carbocycles. The van der Waals surface area contributed by atoms with Crippen LogP contribution in [0.25, 0.3) is 0 Å². The van der Waals surface area contributed by atoms with E-state index in [-0.39, 0.29) is 11.8 Å². The Labute approximate surface area is 137 Å². The molecule has 23 heavy (non-hydrogen) atoms. The summed E-state index contributed by atoms with van der Waals surface area (Å²) in [7, 11) is 0. The first-order valence-electron chi connectivity index (χ1n) is 8.86. The van der Waals surface area contributed by atoms with Gasteiger partial charge in [0.05, 0.1) is 0 Å². The number of amides is 2. The lowest BCUT2D eigenvalue weighted by Crippen LogP contribution is -2.52. The van der Waals surface area contributed by atoms with Gasteiger partial charge in [-0.1, -0.05) is 12.1 Å². The van der Waals surface area contributed by atoms with Crippen molar-refractivity contribution < 1.29 is 9.18 Å². The number of benzene rings is 1. The quantitative estimate of drug-likeness (QED) is 0.870. The van der Waals surface area contributed by atoms with Crippen molar-refractivity contribution in [1.29, 1.82) is 0 Å². The van der Waals surface area contributed by atoms with E-state index in [4.69, 9.17) is 0 Å². The minimum atomic E-state index is -0.265. The number of hydrogen-bond donors (Lipinski definition) is 2. The van der Waals surface area contributed by atoms with Gasteiger partial charge in [0.2, 0.25) is 0 Å². The molecule has 4 aliphatic rings. The minimum Gasteiger partial charge on any atom is -0.338 e. The second kappa shape index (κ2) is 5.81. The van der Waals surface area contributed by atoms with Gasteiger partial charge in [-0.25, -0.2) is 9.18 Å². The monoisotopic (exact) mass is 316 g/mol. The number of carbonyl (C=O) groups excluding carboxylic acids is 1. The Bertz CT molecular complexity index is 566. The van der Waals surface area contributed by atoms with Gasteiger partial charge in [-0.2, -0.15) is 0 Å². The highest BCUT2D eigenvalue weighted by molar-refractivity contribution is 5.73. The summed E-state index contributed by atoms with van der Waals surface area (Å²) in [5.74, 6) is 2.44. The van der Waals surface area contributed by atoms with Gasteiger partial charge in [-0.3, -0.25) is 0 Å². The molecule has 0 aromatic heterocycles. The van der Waals surface area contributed by atoms with E-state index in [2.05, 4.69) is 10.6 Å². The lowest BCUT2D eigenvalue weighted by molar-refractivity contribution is -0.0498. The molecule has 0 spiro atoms. The van der Waals surface area contributed by atoms with Crippen LogP contribution in [0.2, 0.25) is 0 Å². The lowest BCUT2D eigenvalue weighted by atomic mass is 9.49. The molecule has 0 unspecified atom stereocenters. The molecule has 0 heterocycles. The highest BCUT2D eigenvalue weighted by Crippen LogP contribution is 2.59. The van der Waals surface area contributed by atoms with Crippen LogP contribution in [-0.4, -0.2) is 12.6 Å². The van der Waals surface area contributed by atoms with Crippen LogP contribution in [0.1, 0.15) is 44.1 Å². The van der Waals surface area contributed by atoms with Crippen molar-refractivity contribution in [2.24, 2.45) is 23.2 Å². The Balaban J connectivity index is 1.28. The molecule has 4 saturated carbocycles. The van der Waals surface area contributed by atoms with E-state index in [0.717, 1.165) is 29.9 Å². The SMILES string of the molecule is O=C(NCc1cccc(F)c1)NCC12CC3CC(CC(C3)C1)C2. The zero-order valence-electron chi connectivity index (χ0n) is 13.5. The van der Waals surface area contributed by atoms with E-state index in [1.54, 1.807) is 6.07 Å². The smallest absolute Gasteiger partial charge is 0.315 e. The molecule has 0 aliphatic heterocycles. The van der Waals surface area contributed by atoms with Crippen LogP contribution in [0.5, 0.6) is 0 Å². The van der Waals surface area contributed by atoms with Crippen LogP contribution in [0, 0.1) is 29.0 Å². The van der Waals surface area contributed by atoms with E-state index in [1.165, 1.54) is 50.7 Å². The van der Waals surface area contributed by atoms with Gasteiger partial charge in [0, 0.05) is 13.1 Å². The van der Waals surface area contributed by atoms with Gasteiger partial charge in [0.25, 0.3) is 0 Å². The van der Waals surface area contributed by atoms with Crippen molar-refractivity contribution >= 4 is 6.03 Å². The van der Waals surface area contributed by atoms with Crippen molar-refractivity contribution in [2.75, 3.05) is 6.54 Å². The molecule has 2 N–H and O–H groups in total. The third kappa shape index (κ3) is 3.22. The minimum absolute atomic E-state index is 0.134. The second-order valence-corrected chi connectivity index (χ2v) is 8.08. The van der Waals surface area contributed by atoms with E-state index < -0.39 is 0 Å². The standard InChI is InChI=1S/C19H25FN2O/c20-17-3-1-2-13(7-17)11-21-18(23)22-12-19-8-14-4-15(9-19)6-16(5-14)10-19/h1-3,7,14-16H,4-6,8-12H2,(H2,21,22,23). The Hall–Kier alpha value is -1.58. The van der Waals surface area contributed by atoms with Gasteiger partial charge >= 0.3 is 6.03 Å². The molecule has 0 atom stereocenters. The van der Waals surface area contributed by atoms with E-state index in [0.29, 0.717) is 12.0 Å². The summed E-state index contributed by atoms with van der Waals surface area (Å²) in [6.07, 6.45) is 8.15. The number of halogens is 1. The molecule has 1 aromatic rings. The van der Waals surface area contributed by atoms with Crippen molar-refractivity contribution in [2.45, 2.75) is 45.1 Å². The average molecular weight is 316 g/mol. The number of rotatable bonds is 4. The number of hydrogen-bond acceptors (Lipinski definition) is 1. The fraction of sp³-hybridized carbons (Fsp3) is 0.632. The summed E-state index contributed by atoms with van der Waals surface area (Å²) < 4.78 is 13.1. The predicted octanol–water partition coefficient (Wildman–Crippen LogP) is 3.84. The van der Waals surface area contributed by atoms with Crippen LogP contribution in [-0.2, 0) is 6.54 Å². The Morgan fingerprint density at radius 1 is 1.09 bits per heavy atom. The molecule has 4 heteroatoms. The predicted molar refractivity (Wildman–Crippen MR) is 87.2 cm³/mol. The topological polar surface area (TPSA) is 41.1 Å².